The van der Waals surface area contributed by atoms with Crippen LogP contribution in [0.25, 0.3) is 0 Å². The summed E-state index contributed by atoms with van der Waals surface area (Å²) < 4.78 is 32.0. The molecule has 110 valence electrons. The molecule has 0 spiro atoms. The average molecular weight is 307 g/mol. The van der Waals surface area contributed by atoms with Crippen molar-refractivity contribution in [2.75, 3.05) is 19.8 Å². The fourth-order valence-corrected chi connectivity index (χ4v) is 3.95. The molecule has 0 atom stereocenters. The van der Waals surface area contributed by atoms with Crippen molar-refractivity contribution in [3.05, 3.63) is 16.5 Å². The van der Waals surface area contributed by atoms with Gasteiger partial charge in [0.15, 0.2) is 0 Å². The van der Waals surface area contributed by atoms with Crippen LogP contribution >= 0.6 is 11.3 Å². The Kier molecular flexibility index (Phi) is 6.95. The molecule has 19 heavy (non-hydrogen) atoms. The number of thiophene rings is 1. The van der Waals surface area contributed by atoms with Gasteiger partial charge in [0.05, 0.1) is 13.2 Å². The van der Waals surface area contributed by atoms with Crippen LogP contribution in [0.2, 0.25) is 0 Å². The van der Waals surface area contributed by atoms with Crippen molar-refractivity contribution in [3.63, 3.8) is 0 Å². The van der Waals surface area contributed by atoms with Crippen LogP contribution in [0.1, 0.15) is 30.2 Å². The summed E-state index contributed by atoms with van der Waals surface area (Å²) in [6, 6.07) is 1.58. The third-order valence-electron chi connectivity index (χ3n) is 2.59. The van der Waals surface area contributed by atoms with E-state index in [0.717, 1.165) is 29.7 Å². The molecule has 0 fully saturated rings. The maximum Gasteiger partial charge on any atom is 0.250 e. The van der Waals surface area contributed by atoms with Crippen molar-refractivity contribution >= 4 is 21.4 Å². The molecule has 0 radical (unpaired) electrons. The summed E-state index contributed by atoms with van der Waals surface area (Å²) in [7, 11) is -3.49. The monoisotopic (exact) mass is 307 g/mol. The van der Waals surface area contributed by atoms with Crippen LogP contribution in [0.4, 0.5) is 0 Å². The Morgan fingerprint density at radius 2 is 2.16 bits per heavy atom. The molecule has 1 aromatic heterocycles. The van der Waals surface area contributed by atoms with E-state index in [9.17, 15) is 8.42 Å². The molecule has 1 heterocycles. The average Bonchev–Trinajstić information content (AvgIpc) is 2.76. The summed E-state index contributed by atoms with van der Waals surface area (Å²) in [5, 5.41) is 9.07. The van der Waals surface area contributed by atoms with E-state index in [4.69, 9.17) is 9.84 Å². The summed E-state index contributed by atoms with van der Waals surface area (Å²) in [4.78, 5) is 0.680. The molecule has 0 amide bonds. The predicted molar refractivity (Wildman–Crippen MR) is 75.9 cm³/mol. The molecule has 0 aliphatic carbocycles. The Balaban J connectivity index is 2.47. The lowest BCUT2D eigenvalue weighted by molar-refractivity contribution is 0.136. The molecular weight excluding hydrogens is 286 g/mol. The molecule has 0 saturated carbocycles. The van der Waals surface area contributed by atoms with Crippen LogP contribution in [0.5, 0.6) is 0 Å². The van der Waals surface area contributed by atoms with Crippen molar-refractivity contribution in [2.45, 2.75) is 37.5 Å². The Hall–Kier alpha value is -0.470. The largest absolute Gasteiger partial charge is 0.391 e. The first-order valence-corrected chi connectivity index (χ1v) is 8.58. The second-order valence-corrected chi connectivity index (χ2v) is 7.32. The summed E-state index contributed by atoms with van der Waals surface area (Å²) in [5.74, 6) is 0. The number of ether oxygens (including phenoxy) is 1. The predicted octanol–water partition coefficient (Wildman–Crippen LogP) is 1.64. The van der Waals surface area contributed by atoms with E-state index in [2.05, 4.69) is 11.6 Å². The Bertz CT molecular complexity index is 482. The van der Waals surface area contributed by atoms with E-state index in [1.165, 1.54) is 0 Å². The van der Waals surface area contributed by atoms with Gasteiger partial charge in [-0.25, -0.2) is 13.1 Å². The van der Waals surface area contributed by atoms with E-state index in [0.29, 0.717) is 18.1 Å². The normalized spacial score (nSPS) is 11.9. The minimum Gasteiger partial charge on any atom is -0.391 e. The van der Waals surface area contributed by atoms with Gasteiger partial charge in [0.1, 0.15) is 4.21 Å². The first-order valence-electron chi connectivity index (χ1n) is 6.28. The lowest BCUT2D eigenvalue weighted by Crippen LogP contribution is -2.27. The lowest BCUT2D eigenvalue weighted by Gasteiger charge is -2.05. The molecule has 1 rings (SSSR count). The fraction of sp³-hybridized carbons (Fsp3) is 0.667. The van der Waals surface area contributed by atoms with Crippen LogP contribution in [0.15, 0.2) is 10.3 Å². The number of nitrogens with one attached hydrogen (secondary N) is 1. The van der Waals surface area contributed by atoms with Gasteiger partial charge in [-0.05, 0) is 25.0 Å². The van der Waals surface area contributed by atoms with Gasteiger partial charge in [-0.2, -0.15) is 0 Å². The Morgan fingerprint density at radius 3 is 2.74 bits per heavy atom. The second kappa shape index (κ2) is 7.96. The van der Waals surface area contributed by atoms with Gasteiger partial charge in [-0.3, -0.25) is 0 Å². The highest BCUT2D eigenvalue weighted by Gasteiger charge is 2.17. The van der Waals surface area contributed by atoms with Gasteiger partial charge in [-0.15, -0.1) is 11.3 Å². The number of hydrogen-bond donors (Lipinski definition) is 2. The van der Waals surface area contributed by atoms with Crippen molar-refractivity contribution in [1.82, 2.24) is 4.72 Å². The van der Waals surface area contributed by atoms with E-state index in [1.807, 2.05) is 0 Å². The van der Waals surface area contributed by atoms with Crippen LogP contribution < -0.4 is 4.72 Å². The van der Waals surface area contributed by atoms with E-state index in [1.54, 1.807) is 13.0 Å². The SMILES string of the molecule is CCCCOCCNS(=O)(=O)c1cc(C)c(CO)s1. The van der Waals surface area contributed by atoms with Crippen molar-refractivity contribution in [3.8, 4) is 0 Å². The minimum absolute atomic E-state index is 0.133. The van der Waals surface area contributed by atoms with E-state index < -0.39 is 10.0 Å². The summed E-state index contributed by atoms with van der Waals surface area (Å²) in [6.45, 7) is 5.02. The molecular formula is C12H21NO4S2. The highest BCUT2D eigenvalue weighted by atomic mass is 32.2. The van der Waals surface area contributed by atoms with E-state index >= 15 is 0 Å². The van der Waals surface area contributed by atoms with Crippen LogP contribution in [-0.2, 0) is 21.4 Å². The van der Waals surface area contributed by atoms with Crippen LogP contribution in [0, 0.1) is 6.92 Å². The number of sulfonamides is 1. The van der Waals surface area contributed by atoms with E-state index in [-0.39, 0.29) is 17.4 Å². The molecule has 5 nitrogen and oxygen atoms in total. The number of rotatable bonds is 9. The van der Waals surface area contributed by atoms with Gasteiger partial charge in [0.2, 0.25) is 10.0 Å². The number of aliphatic hydroxyl groups excluding tert-OH is 1. The molecule has 0 aliphatic heterocycles. The quantitative estimate of drug-likeness (QED) is 0.680. The Labute approximate surface area is 118 Å². The first-order chi connectivity index (χ1) is 9.01. The zero-order valence-corrected chi connectivity index (χ0v) is 12.9. The lowest BCUT2D eigenvalue weighted by atomic mass is 10.3. The van der Waals surface area contributed by atoms with Crippen molar-refractivity contribution in [1.29, 1.82) is 0 Å². The fourth-order valence-electron chi connectivity index (χ4n) is 1.45. The topological polar surface area (TPSA) is 75.6 Å². The van der Waals surface area contributed by atoms with Gasteiger partial charge in [0, 0.05) is 18.0 Å². The standard InChI is InChI=1S/C12H21NO4S2/c1-3-4-6-17-7-5-13-19(15,16)12-8-10(2)11(9-14)18-12/h8,13-14H,3-7,9H2,1-2H3. The molecule has 7 heteroatoms. The summed E-state index contributed by atoms with van der Waals surface area (Å²) >= 11 is 1.10. The first kappa shape index (κ1) is 16.6. The zero-order valence-electron chi connectivity index (χ0n) is 11.3. The molecule has 0 aliphatic rings. The van der Waals surface area contributed by atoms with Gasteiger partial charge >= 0.3 is 0 Å². The summed E-state index contributed by atoms with van der Waals surface area (Å²) in [6.07, 6.45) is 2.04. The second-order valence-electron chi connectivity index (χ2n) is 4.19. The maximum absolute atomic E-state index is 12.0. The van der Waals surface area contributed by atoms with Crippen LogP contribution in [0.3, 0.4) is 0 Å². The van der Waals surface area contributed by atoms with Crippen LogP contribution in [-0.4, -0.2) is 33.3 Å². The third kappa shape index (κ3) is 5.19. The Morgan fingerprint density at radius 1 is 1.42 bits per heavy atom. The zero-order chi connectivity index (χ0) is 14.3. The molecule has 0 unspecified atom stereocenters. The number of hydrogen-bond acceptors (Lipinski definition) is 5. The molecule has 0 aromatic carbocycles. The molecule has 1 aromatic rings. The van der Waals surface area contributed by atoms with Gasteiger partial charge in [0.25, 0.3) is 0 Å². The molecule has 0 saturated heterocycles. The summed E-state index contributed by atoms with van der Waals surface area (Å²) in [5.41, 5.74) is 0.798. The van der Waals surface area contributed by atoms with Crippen molar-refractivity contribution in [2.24, 2.45) is 0 Å². The third-order valence-corrected chi connectivity index (χ3v) is 5.74. The molecule has 0 bridgehead atoms. The van der Waals surface area contributed by atoms with Gasteiger partial charge < -0.3 is 9.84 Å². The van der Waals surface area contributed by atoms with Crippen molar-refractivity contribution < 1.29 is 18.3 Å². The minimum atomic E-state index is -3.49. The number of unbranched alkanes of at least 4 members (excludes halogenated alkanes) is 1. The highest BCUT2D eigenvalue weighted by molar-refractivity contribution is 7.91. The number of aliphatic hydroxyl groups is 1. The van der Waals surface area contributed by atoms with Gasteiger partial charge in [-0.1, -0.05) is 13.3 Å². The highest BCUT2D eigenvalue weighted by Crippen LogP contribution is 2.25. The maximum atomic E-state index is 12.0. The molecule has 2 N–H and O–H groups in total. The smallest absolute Gasteiger partial charge is 0.250 e. The number of aryl methyl sites for hydroxylation is 1.